The van der Waals surface area contributed by atoms with Crippen molar-refractivity contribution in [2.75, 3.05) is 13.7 Å². The third-order valence-corrected chi connectivity index (χ3v) is 2.35. The summed E-state index contributed by atoms with van der Waals surface area (Å²) in [6.07, 6.45) is 0. The van der Waals surface area contributed by atoms with Crippen LogP contribution in [0.5, 0.6) is 5.75 Å². The highest BCUT2D eigenvalue weighted by molar-refractivity contribution is 9.10. The lowest BCUT2D eigenvalue weighted by atomic mass is 10.2. The number of carbonyl (C=O) groups is 1. The Morgan fingerprint density at radius 3 is 2.87 bits per heavy atom. The Balaban J connectivity index is 2.70. The second-order valence-electron chi connectivity index (χ2n) is 2.98. The summed E-state index contributed by atoms with van der Waals surface area (Å²) in [5.74, 6) is -0.446. The van der Waals surface area contributed by atoms with Crippen LogP contribution in [0.15, 0.2) is 22.7 Å². The van der Waals surface area contributed by atoms with Crippen LogP contribution >= 0.6 is 15.9 Å². The maximum absolute atomic E-state index is 10.3. The normalized spacial score (nSPS) is 10.0. The van der Waals surface area contributed by atoms with Crippen LogP contribution in [0.1, 0.15) is 5.56 Å². The monoisotopic (exact) mass is 273 g/mol. The quantitative estimate of drug-likeness (QED) is 0.856. The summed E-state index contributed by atoms with van der Waals surface area (Å²) in [4.78, 5) is 10.3. The van der Waals surface area contributed by atoms with Crippen LogP contribution in [0.3, 0.4) is 0 Å². The summed E-state index contributed by atoms with van der Waals surface area (Å²) >= 11 is 3.32. The van der Waals surface area contributed by atoms with Crippen LogP contribution < -0.4 is 10.1 Å². The van der Waals surface area contributed by atoms with Gasteiger partial charge in [0.2, 0.25) is 0 Å². The number of nitrogens with one attached hydrogen (secondary N) is 1. The molecule has 0 radical (unpaired) electrons. The highest BCUT2D eigenvalue weighted by Crippen LogP contribution is 2.25. The van der Waals surface area contributed by atoms with Crippen LogP contribution in [-0.4, -0.2) is 24.7 Å². The lowest BCUT2D eigenvalue weighted by molar-refractivity contribution is -0.139. The molecular weight excluding hydrogens is 262 g/mol. The number of rotatable bonds is 5. The number of benzene rings is 1. The zero-order valence-electron chi connectivity index (χ0n) is 8.29. The van der Waals surface area contributed by atoms with Crippen molar-refractivity contribution in [2.45, 2.75) is 6.54 Å². The molecule has 0 aliphatic rings. The molecule has 0 unspecified atom stereocenters. The Labute approximate surface area is 96.4 Å². The van der Waals surface area contributed by atoms with E-state index in [4.69, 9.17) is 9.84 Å². The van der Waals surface area contributed by atoms with Gasteiger partial charge in [-0.1, -0.05) is 6.07 Å². The van der Waals surface area contributed by atoms with Gasteiger partial charge in [-0.25, -0.2) is 4.79 Å². The van der Waals surface area contributed by atoms with Gasteiger partial charge < -0.3 is 15.2 Å². The van der Waals surface area contributed by atoms with Crippen LogP contribution in [0.2, 0.25) is 0 Å². The lowest BCUT2D eigenvalue weighted by Crippen LogP contribution is -2.10. The van der Waals surface area contributed by atoms with Crippen molar-refractivity contribution in [2.24, 2.45) is 0 Å². The van der Waals surface area contributed by atoms with E-state index in [2.05, 4.69) is 21.2 Å². The van der Waals surface area contributed by atoms with E-state index in [1.165, 1.54) is 0 Å². The fraction of sp³-hybridized carbons (Fsp3) is 0.300. The molecule has 0 aliphatic heterocycles. The Hall–Kier alpha value is -1.07. The second kappa shape index (κ2) is 5.72. The third-order valence-electron chi connectivity index (χ3n) is 1.73. The molecule has 0 bridgehead atoms. The Morgan fingerprint density at radius 1 is 1.60 bits per heavy atom. The molecule has 2 N–H and O–H groups in total. The Kier molecular flexibility index (Phi) is 4.58. The molecular formula is C10H12BrNO3. The standard InChI is InChI=1S/C10H12BrNO3/c1-12-5-7-2-3-9(8(11)4-7)15-6-10(13)14/h2-4,12H,5-6H2,1H3,(H,13,14). The van der Waals surface area contributed by atoms with Gasteiger partial charge in [-0.2, -0.15) is 0 Å². The Bertz CT molecular complexity index is 355. The summed E-state index contributed by atoms with van der Waals surface area (Å²) in [7, 11) is 1.86. The van der Waals surface area contributed by atoms with E-state index in [9.17, 15) is 4.79 Å². The molecule has 0 spiro atoms. The molecule has 0 aromatic heterocycles. The summed E-state index contributed by atoms with van der Waals surface area (Å²) in [6, 6.07) is 5.53. The average molecular weight is 274 g/mol. The molecule has 0 amide bonds. The van der Waals surface area contributed by atoms with Gasteiger partial charge in [0.15, 0.2) is 6.61 Å². The van der Waals surface area contributed by atoms with Crippen LogP contribution in [0.25, 0.3) is 0 Å². The first kappa shape index (κ1) is 12.0. The average Bonchev–Trinajstić information content (AvgIpc) is 2.17. The predicted molar refractivity (Wildman–Crippen MR) is 60.0 cm³/mol. The molecule has 0 aliphatic carbocycles. The topological polar surface area (TPSA) is 58.6 Å². The molecule has 5 heteroatoms. The van der Waals surface area contributed by atoms with Crippen LogP contribution in [0.4, 0.5) is 0 Å². The van der Waals surface area contributed by atoms with Gasteiger partial charge in [-0.05, 0) is 40.7 Å². The lowest BCUT2D eigenvalue weighted by Gasteiger charge is -2.07. The number of hydrogen-bond donors (Lipinski definition) is 2. The molecule has 82 valence electrons. The Morgan fingerprint density at radius 2 is 2.33 bits per heavy atom. The fourth-order valence-electron chi connectivity index (χ4n) is 1.11. The maximum atomic E-state index is 10.3. The molecule has 15 heavy (non-hydrogen) atoms. The molecule has 0 fully saturated rings. The molecule has 0 saturated carbocycles. The van der Waals surface area contributed by atoms with E-state index >= 15 is 0 Å². The molecule has 1 aromatic carbocycles. The van der Waals surface area contributed by atoms with E-state index in [1.54, 1.807) is 6.07 Å². The van der Waals surface area contributed by atoms with Gasteiger partial charge in [0.1, 0.15) is 5.75 Å². The van der Waals surface area contributed by atoms with Crippen LogP contribution in [0, 0.1) is 0 Å². The van der Waals surface area contributed by atoms with Gasteiger partial charge in [0, 0.05) is 6.54 Å². The molecule has 0 atom stereocenters. The van der Waals surface area contributed by atoms with Gasteiger partial charge in [0.25, 0.3) is 0 Å². The fourth-order valence-corrected chi connectivity index (χ4v) is 1.66. The second-order valence-corrected chi connectivity index (χ2v) is 3.83. The van der Waals surface area contributed by atoms with E-state index in [0.29, 0.717) is 5.75 Å². The van der Waals surface area contributed by atoms with Crippen molar-refractivity contribution >= 4 is 21.9 Å². The predicted octanol–water partition coefficient (Wildman–Crippen LogP) is 1.63. The van der Waals surface area contributed by atoms with Crippen LogP contribution in [-0.2, 0) is 11.3 Å². The highest BCUT2D eigenvalue weighted by atomic mass is 79.9. The molecule has 4 nitrogen and oxygen atoms in total. The van der Waals surface area contributed by atoms with E-state index in [-0.39, 0.29) is 6.61 Å². The summed E-state index contributed by atoms with van der Waals surface area (Å²) in [5.41, 5.74) is 1.10. The van der Waals surface area contributed by atoms with E-state index in [0.717, 1.165) is 16.6 Å². The first-order valence-corrected chi connectivity index (χ1v) is 5.20. The van der Waals surface area contributed by atoms with Crippen molar-refractivity contribution in [1.29, 1.82) is 0 Å². The van der Waals surface area contributed by atoms with Crippen molar-refractivity contribution in [1.82, 2.24) is 5.32 Å². The minimum atomic E-state index is -0.985. The minimum absolute atomic E-state index is 0.329. The zero-order chi connectivity index (χ0) is 11.3. The van der Waals surface area contributed by atoms with Gasteiger partial charge in [-0.15, -0.1) is 0 Å². The molecule has 0 saturated heterocycles. The largest absolute Gasteiger partial charge is 0.481 e. The summed E-state index contributed by atoms with van der Waals surface area (Å²) in [6.45, 7) is 0.432. The van der Waals surface area contributed by atoms with Crippen molar-refractivity contribution < 1.29 is 14.6 Å². The maximum Gasteiger partial charge on any atom is 0.341 e. The number of carboxylic acids is 1. The summed E-state index contributed by atoms with van der Waals surface area (Å²) < 4.78 is 5.83. The number of aliphatic carboxylic acids is 1. The first-order chi connectivity index (χ1) is 7.13. The van der Waals surface area contributed by atoms with E-state index in [1.807, 2.05) is 19.2 Å². The van der Waals surface area contributed by atoms with Crippen molar-refractivity contribution in [3.05, 3.63) is 28.2 Å². The third kappa shape index (κ3) is 3.89. The highest BCUT2D eigenvalue weighted by Gasteiger charge is 2.04. The molecule has 1 aromatic rings. The number of ether oxygens (including phenoxy) is 1. The van der Waals surface area contributed by atoms with Gasteiger partial charge in [0.05, 0.1) is 4.47 Å². The van der Waals surface area contributed by atoms with E-state index < -0.39 is 5.97 Å². The number of hydrogen-bond acceptors (Lipinski definition) is 3. The molecule has 0 heterocycles. The van der Waals surface area contributed by atoms with Crippen molar-refractivity contribution in [3.8, 4) is 5.75 Å². The number of carboxylic acid groups (broad SMARTS) is 1. The first-order valence-electron chi connectivity index (χ1n) is 4.41. The minimum Gasteiger partial charge on any atom is -0.481 e. The van der Waals surface area contributed by atoms with Gasteiger partial charge in [-0.3, -0.25) is 0 Å². The molecule has 1 rings (SSSR count). The number of halogens is 1. The van der Waals surface area contributed by atoms with Gasteiger partial charge >= 0.3 is 5.97 Å². The SMILES string of the molecule is CNCc1ccc(OCC(=O)O)c(Br)c1. The summed E-state index contributed by atoms with van der Waals surface area (Å²) in [5, 5.41) is 11.5. The smallest absolute Gasteiger partial charge is 0.341 e. The zero-order valence-corrected chi connectivity index (χ0v) is 9.87. The van der Waals surface area contributed by atoms with Crippen molar-refractivity contribution in [3.63, 3.8) is 0 Å².